The lowest BCUT2D eigenvalue weighted by Gasteiger charge is -2.12. The normalized spacial score (nSPS) is 17.1. The molecule has 0 amide bonds. The van der Waals surface area contributed by atoms with Crippen LogP contribution in [0.2, 0.25) is 10.0 Å². The van der Waals surface area contributed by atoms with Crippen LogP contribution in [0.1, 0.15) is 10.8 Å². The topological polar surface area (TPSA) is 24.4 Å². The molecule has 2 nitrogen and oxygen atoms in total. The van der Waals surface area contributed by atoms with Crippen molar-refractivity contribution in [1.82, 2.24) is 5.32 Å². The second-order valence-electron chi connectivity index (χ2n) is 3.30. The Bertz CT molecular complexity index is 386. The van der Waals surface area contributed by atoms with Crippen LogP contribution in [0.3, 0.4) is 0 Å². The lowest BCUT2D eigenvalue weighted by Crippen LogP contribution is -2.22. The number of rotatable bonds is 2. The summed E-state index contributed by atoms with van der Waals surface area (Å²) in [7, 11) is 0. The molecule has 15 heavy (non-hydrogen) atoms. The van der Waals surface area contributed by atoms with E-state index in [0.717, 1.165) is 24.5 Å². The number of nitrogens with zero attached hydrogens (tertiary/aromatic N) is 1. The van der Waals surface area contributed by atoms with Crippen molar-refractivity contribution in [3.05, 3.63) is 33.8 Å². The SMILES string of the molecule is SC(C1=NCCN1)c1cc(Cl)cc(Cl)c1. The third kappa shape index (κ3) is 2.60. The second-order valence-corrected chi connectivity index (χ2v) is 4.69. The quantitative estimate of drug-likeness (QED) is 0.786. The first-order valence-corrected chi connectivity index (χ1v) is 5.86. The van der Waals surface area contributed by atoms with Gasteiger partial charge in [0.15, 0.2) is 0 Å². The molecule has 0 saturated carbocycles. The Kier molecular flexibility index (Phi) is 3.44. The van der Waals surface area contributed by atoms with Crippen molar-refractivity contribution in [2.45, 2.75) is 5.25 Å². The zero-order valence-corrected chi connectivity index (χ0v) is 10.3. The minimum absolute atomic E-state index is 0.0799. The summed E-state index contributed by atoms with van der Waals surface area (Å²) in [5.41, 5.74) is 0.962. The van der Waals surface area contributed by atoms with Crippen LogP contribution in [0.4, 0.5) is 0 Å². The largest absolute Gasteiger partial charge is 0.371 e. The Labute approximate surface area is 104 Å². The molecule has 0 aliphatic carbocycles. The number of hydrogen-bond donors (Lipinski definition) is 2. The van der Waals surface area contributed by atoms with E-state index in [1.807, 2.05) is 12.1 Å². The Morgan fingerprint density at radius 3 is 2.47 bits per heavy atom. The van der Waals surface area contributed by atoms with Gasteiger partial charge in [0.25, 0.3) is 0 Å². The lowest BCUT2D eigenvalue weighted by atomic mass is 10.1. The second kappa shape index (κ2) is 4.64. The van der Waals surface area contributed by atoms with Gasteiger partial charge in [-0.15, -0.1) is 0 Å². The van der Waals surface area contributed by atoms with Gasteiger partial charge in [0.05, 0.1) is 11.8 Å². The maximum atomic E-state index is 5.92. The van der Waals surface area contributed by atoms with Gasteiger partial charge in [-0.25, -0.2) is 0 Å². The fourth-order valence-electron chi connectivity index (χ4n) is 1.49. The van der Waals surface area contributed by atoms with Crippen LogP contribution in [-0.4, -0.2) is 18.9 Å². The van der Waals surface area contributed by atoms with E-state index in [4.69, 9.17) is 23.2 Å². The molecule has 0 spiro atoms. The molecule has 0 saturated heterocycles. The monoisotopic (exact) mass is 260 g/mol. The van der Waals surface area contributed by atoms with Crippen molar-refractivity contribution in [2.75, 3.05) is 13.1 Å². The predicted octanol–water partition coefficient (Wildman–Crippen LogP) is 2.97. The van der Waals surface area contributed by atoms with Crippen LogP contribution >= 0.6 is 35.8 Å². The van der Waals surface area contributed by atoms with Crippen LogP contribution in [0.15, 0.2) is 23.2 Å². The van der Waals surface area contributed by atoms with Gasteiger partial charge in [-0.3, -0.25) is 4.99 Å². The van der Waals surface area contributed by atoms with E-state index in [9.17, 15) is 0 Å². The minimum Gasteiger partial charge on any atom is -0.371 e. The minimum atomic E-state index is -0.0799. The zero-order valence-electron chi connectivity index (χ0n) is 7.87. The van der Waals surface area contributed by atoms with Crippen molar-refractivity contribution >= 4 is 41.7 Å². The Hall–Kier alpha value is -0.380. The molecule has 2 rings (SSSR count). The molecule has 1 aliphatic rings. The van der Waals surface area contributed by atoms with E-state index in [2.05, 4.69) is 22.9 Å². The van der Waals surface area contributed by atoms with E-state index in [-0.39, 0.29) is 5.25 Å². The van der Waals surface area contributed by atoms with E-state index in [1.54, 1.807) is 6.07 Å². The molecule has 5 heteroatoms. The molecule has 1 heterocycles. The van der Waals surface area contributed by atoms with Crippen LogP contribution in [0.5, 0.6) is 0 Å². The van der Waals surface area contributed by atoms with Crippen LogP contribution in [-0.2, 0) is 0 Å². The fraction of sp³-hybridized carbons (Fsp3) is 0.300. The number of amidine groups is 1. The number of aliphatic imine (C=N–C) groups is 1. The molecule has 1 aromatic rings. The summed E-state index contributed by atoms with van der Waals surface area (Å²) in [5, 5.41) is 4.34. The van der Waals surface area contributed by atoms with E-state index >= 15 is 0 Å². The molecular formula is C10H10Cl2N2S. The molecule has 0 fully saturated rings. The van der Waals surface area contributed by atoms with Gasteiger partial charge < -0.3 is 5.32 Å². The standard InChI is InChI=1S/C10H10Cl2N2S/c11-7-3-6(4-8(12)5-7)9(15)10-13-1-2-14-10/h3-5,9,15H,1-2H2,(H,13,14). The summed E-state index contributed by atoms with van der Waals surface area (Å²) < 4.78 is 0. The Morgan fingerprint density at radius 1 is 1.27 bits per heavy atom. The first-order valence-electron chi connectivity index (χ1n) is 4.59. The van der Waals surface area contributed by atoms with Gasteiger partial charge in [0, 0.05) is 16.6 Å². The Balaban J connectivity index is 2.28. The highest BCUT2D eigenvalue weighted by Gasteiger charge is 2.17. The maximum absolute atomic E-state index is 5.92. The van der Waals surface area contributed by atoms with Crippen LogP contribution < -0.4 is 5.32 Å². The van der Waals surface area contributed by atoms with Crippen molar-refractivity contribution in [1.29, 1.82) is 0 Å². The summed E-state index contributed by atoms with van der Waals surface area (Å²) in [6, 6.07) is 5.41. The average molecular weight is 261 g/mol. The van der Waals surface area contributed by atoms with Crippen molar-refractivity contribution in [3.8, 4) is 0 Å². The number of halogens is 2. The van der Waals surface area contributed by atoms with Crippen molar-refractivity contribution in [2.24, 2.45) is 4.99 Å². The number of thiol groups is 1. The highest BCUT2D eigenvalue weighted by Crippen LogP contribution is 2.28. The van der Waals surface area contributed by atoms with Gasteiger partial charge in [0.2, 0.25) is 0 Å². The van der Waals surface area contributed by atoms with Gasteiger partial charge in [-0.05, 0) is 23.8 Å². The van der Waals surface area contributed by atoms with Crippen molar-refractivity contribution < 1.29 is 0 Å². The molecule has 0 aromatic heterocycles. The third-order valence-electron chi connectivity index (χ3n) is 2.16. The van der Waals surface area contributed by atoms with Gasteiger partial charge >= 0.3 is 0 Å². The fourth-order valence-corrected chi connectivity index (χ4v) is 2.36. The van der Waals surface area contributed by atoms with Gasteiger partial charge in [-0.2, -0.15) is 12.6 Å². The summed E-state index contributed by atoms with van der Waals surface area (Å²) >= 11 is 16.3. The van der Waals surface area contributed by atoms with Crippen LogP contribution in [0.25, 0.3) is 0 Å². The Morgan fingerprint density at radius 2 is 1.93 bits per heavy atom. The van der Waals surface area contributed by atoms with E-state index in [1.165, 1.54) is 0 Å². The number of hydrogen-bond acceptors (Lipinski definition) is 3. The molecule has 1 N–H and O–H groups in total. The molecule has 80 valence electrons. The highest BCUT2D eigenvalue weighted by molar-refractivity contribution is 7.81. The summed E-state index contributed by atoms with van der Waals surface area (Å²) in [4.78, 5) is 4.31. The first kappa shape index (κ1) is 11.1. The van der Waals surface area contributed by atoms with Crippen molar-refractivity contribution in [3.63, 3.8) is 0 Å². The highest BCUT2D eigenvalue weighted by atomic mass is 35.5. The van der Waals surface area contributed by atoms with Gasteiger partial charge in [-0.1, -0.05) is 23.2 Å². The molecule has 1 atom stereocenters. The molecule has 1 unspecified atom stereocenters. The number of benzene rings is 1. The molecule has 1 aliphatic heterocycles. The summed E-state index contributed by atoms with van der Waals surface area (Å²) in [5.74, 6) is 0.886. The lowest BCUT2D eigenvalue weighted by molar-refractivity contribution is 0.952. The zero-order chi connectivity index (χ0) is 10.8. The molecule has 0 radical (unpaired) electrons. The van der Waals surface area contributed by atoms with E-state index in [0.29, 0.717) is 10.0 Å². The average Bonchev–Trinajstić information content (AvgIpc) is 2.67. The summed E-state index contributed by atoms with van der Waals surface area (Å²) in [6.45, 7) is 1.68. The molecule has 1 aromatic carbocycles. The van der Waals surface area contributed by atoms with Gasteiger partial charge in [0.1, 0.15) is 5.84 Å². The first-order chi connectivity index (χ1) is 7.16. The third-order valence-corrected chi connectivity index (χ3v) is 3.14. The predicted molar refractivity (Wildman–Crippen MR) is 68.5 cm³/mol. The smallest absolute Gasteiger partial charge is 0.114 e. The molecular weight excluding hydrogens is 251 g/mol. The van der Waals surface area contributed by atoms with E-state index < -0.39 is 0 Å². The maximum Gasteiger partial charge on any atom is 0.114 e. The number of nitrogens with one attached hydrogen (secondary N) is 1. The molecule has 0 bridgehead atoms. The van der Waals surface area contributed by atoms with Crippen LogP contribution in [0, 0.1) is 0 Å². The summed E-state index contributed by atoms with van der Waals surface area (Å²) in [6.07, 6.45) is 0.